The highest BCUT2D eigenvalue weighted by Crippen LogP contribution is 2.25. The summed E-state index contributed by atoms with van der Waals surface area (Å²) in [5.41, 5.74) is 1.02. The van der Waals surface area contributed by atoms with Crippen molar-refractivity contribution in [3.8, 4) is 11.8 Å². The first-order valence-corrected chi connectivity index (χ1v) is 5.79. The van der Waals surface area contributed by atoms with Crippen LogP contribution in [0.2, 0.25) is 0 Å². The van der Waals surface area contributed by atoms with Crippen molar-refractivity contribution in [1.82, 2.24) is 5.32 Å². The molecule has 1 rings (SSSR count). The van der Waals surface area contributed by atoms with Crippen molar-refractivity contribution in [2.75, 3.05) is 39.2 Å². The van der Waals surface area contributed by atoms with E-state index in [0.29, 0.717) is 30.2 Å². The molecule has 0 bridgehead atoms. The van der Waals surface area contributed by atoms with Gasteiger partial charge in [0.2, 0.25) is 5.91 Å². The maximum absolute atomic E-state index is 11.7. The van der Waals surface area contributed by atoms with E-state index in [4.69, 9.17) is 14.7 Å². The topological polar surface area (TPSA) is 83.4 Å². The van der Waals surface area contributed by atoms with Crippen molar-refractivity contribution < 1.29 is 14.3 Å². The fourth-order valence-electron chi connectivity index (χ4n) is 1.43. The predicted octanol–water partition coefficient (Wildman–Crippen LogP) is 0.741. The van der Waals surface area contributed by atoms with Crippen LogP contribution >= 0.6 is 0 Å². The molecule has 0 saturated carbocycles. The van der Waals surface area contributed by atoms with E-state index in [2.05, 4.69) is 10.6 Å². The lowest BCUT2D eigenvalue weighted by Crippen LogP contribution is -2.30. The van der Waals surface area contributed by atoms with Gasteiger partial charge in [-0.25, -0.2) is 0 Å². The molecule has 6 heteroatoms. The molecule has 0 saturated heterocycles. The minimum atomic E-state index is -0.181. The smallest absolute Gasteiger partial charge is 0.238 e. The molecule has 6 nitrogen and oxygen atoms in total. The van der Waals surface area contributed by atoms with Crippen molar-refractivity contribution in [2.24, 2.45) is 0 Å². The van der Waals surface area contributed by atoms with E-state index in [1.807, 2.05) is 6.07 Å². The Morgan fingerprint density at radius 2 is 2.21 bits per heavy atom. The zero-order valence-corrected chi connectivity index (χ0v) is 11.0. The van der Waals surface area contributed by atoms with Crippen LogP contribution in [0.25, 0.3) is 0 Å². The molecule has 1 aromatic rings. The third kappa shape index (κ3) is 4.95. The van der Waals surface area contributed by atoms with Gasteiger partial charge in [0.25, 0.3) is 0 Å². The normalized spacial score (nSPS) is 9.74. The van der Waals surface area contributed by atoms with Gasteiger partial charge < -0.3 is 20.1 Å². The third-order valence-electron chi connectivity index (χ3n) is 2.37. The molecule has 0 atom stereocenters. The standard InChI is InChI=1S/C13H17N3O3/c1-18-6-5-15-9-13(17)16-11-4-3-10(8-14)7-12(11)19-2/h3-4,7,15H,5-6,9H2,1-2H3,(H,16,17). The number of hydrogen-bond donors (Lipinski definition) is 2. The molecule has 0 aliphatic heterocycles. The summed E-state index contributed by atoms with van der Waals surface area (Å²) in [6.45, 7) is 1.34. The Labute approximate surface area is 112 Å². The van der Waals surface area contributed by atoms with Crippen LogP contribution in [0.4, 0.5) is 5.69 Å². The molecular weight excluding hydrogens is 246 g/mol. The molecule has 0 spiro atoms. The summed E-state index contributed by atoms with van der Waals surface area (Å²) in [5.74, 6) is 0.281. The quantitative estimate of drug-likeness (QED) is 0.709. The summed E-state index contributed by atoms with van der Waals surface area (Å²) in [6.07, 6.45) is 0. The highest BCUT2D eigenvalue weighted by Gasteiger charge is 2.08. The number of carbonyl (C=O) groups is 1. The number of rotatable bonds is 7. The Kier molecular flexibility index (Phi) is 6.36. The van der Waals surface area contributed by atoms with Crippen molar-refractivity contribution in [2.45, 2.75) is 0 Å². The predicted molar refractivity (Wildman–Crippen MR) is 71.1 cm³/mol. The van der Waals surface area contributed by atoms with Gasteiger partial charge in [-0.15, -0.1) is 0 Å². The van der Waals surface area contributed by atoms with Gasteiger partial charge in [-0.2, -0.15) is 5.26 Å². The van der Waals surface area contributed by atoms with Crippen molar-refractivity contribution in [3.63, 3.8) is 0 Å². The van der Waals surface area contributed by atoms with Crippen LogP contribution in [0.5, 0.6) is 5.75 Å². The van der Waals surface area contributed by atoms with Crippen LogP contribution in [0.1, 0.15) is 5.56 Å². The van der Waals surface area contributed by atoms with Crippen LogP contribution in [0, 0.1) is 11.3 Å². The molecule has 1 aromatic carbocycles. The zero-order valence-electron chi connectivity index (χ0n) is 11.0. The number of anilines is 1. The van der Waals surface area contributed by atoms with E-state index < -0.39 is 0 Å². The second kappa shape index (κ2) is 8.08. The molecule has 102 valence electrons. The average molecular weight is 263 g/mol. The first-order chi connectivity index (χ1) is 9.21. The summed E-state index contributed by atoms with van der Waals surface area (Å²) < 4.78 is 9.98. The molecule has 0 fully saturated rings. The third-order valence-corrected chi connectivity index (χ3v) is 2.37. The number of methoxy groups -OCH3 is 2. The van der Waals surface area contributed by atoms with Crippen molar-refractivity contribution in [1.29, 1.82) is 5.26 Å². The summed E-state index contributed by atoms with van der Waals surface area (Å²) in [5, 5.41) is 14.4. The maximum Gasteiger partial charge on any atom is 0.238 e. The highest BCUT2D eigenvalue weighted by molar-refractivity contribution is 5.93. The van der Waals surface area contributed by atoms with E-state index in [1.54, 1.807) is 25.3 Å². The summed E-state index contributed by atoms with van der Waals surface area (Å²) in [4.78, 5) is 11.7. The van der Waals surface area contributed by atoms with Gasteiger partial charge in [0.15, 0.2) is 0 Å². The lowest BCUT2D eigenvalue weighted by Gasteiger charge is -2.10. The summed E-state index contributed by atoms with van der Waals surface area (Å²) >= 11 is 0. The molecule has 2 N–H and O–H groups in total. The number of hydrogen-bond acceptors (Lipinski definition) is 5. The van der Waals surface area contributed by atoms with Gasteiger partial charge in [0.05, 0.1) is 37.6 Å². The number of amides is 1. The average Bonchev–Trinajstić information content (AvgIpc) is 2.44. The van der Waals surface area contributed by atoms with Crippen LogP contribution in [0.3, 0.4) is 0 Å². The van der Waals surface area contributed by atoms with E-state index in [0.717, 1.165) is 0 Å². The molecule has 0 aliphatic rings. The van der Waals surface area contributed by atoms with E-state index >= 15 is 0 Å². The molecular formula is C13H17N3O3. The van der Waals surface area contributed by atoms with E-state index in [-0.39, 0.29) is 12.5 Å². The minimum Gasteiger partial charge on any atom is -0.495 e. The van der Waals surface area contributed by atoms with Gasteiger partial charge in [-0.3, -0.25) is 4.79 Å². The Balaban J connectivity index is 2.56. The Morgan fingerprint density at radius 1 is 1.42 bits per heavy atom. The Morgan fingerprint density at radius 3 is 2.84 bits per heavy atom. The lowest BCUT2D eigenvalue weighted by atomic mass is 10.2. The van der Waals surface area contributed by atoms with Crippen molar-refractivity contribution >= 4 is 11.6 Å². The second-order valence-electron chi connectivity index (χ2n) is 3.74. The van der Waals surface area contributed by atoms with Gasteiger partial charge in [0, 0.05) is 19.7 Å². The second-order valence-corrected chi connectivity index (χ2v) is 3.74. The van der Waals surface area contributed by atoms with Crippen molar-refractivity contribution in [3.05, 3.63) is 23.8 Å². The van der Waals surface area contributed by atoms with Gasteiger partial charge in [-0.1, -0.05) is 0 Å². The molecule has 0 heterocycles. The first-order valence-electron chi connectivity index (χ1n) is 5.79. The number of nitrogens with zero attached hydrogens (tertiary/aromatic N) is 1. The highest BCUT2D eigenvalue weighted by atomic mass is 16.5. The van der Waals surface area contributed by atoms with Gasteiger partial charge in [0.1, 0.15) is 5.75 Å². The van der Waals surface area contributed by atoms with Gasteiger partial charge >= 0.3 is 0 Å². The molecule has 0 aliphatic carbocycles. The number of ether oxygens (including phenoxy) is 2. The number of nitriles is 1. The van der Waals surface area contributed by atoms with E-state index in [9.17, 15) is 4.79 Å². The number of benzene rings is 1. The molecule has 0 radical (unpaired) electrons. The Hall–Kier alpha value is -2.10. The molecule has 19 heavy (non-hydrogen) atoms. The maximum atomic E-state index is 11.7. The largest absolute Gasteiger partial charge is 0.495 e. The zero-order chi connectivity index (χ0) is 14.1. The molecule has 0 unspecified atom stereocenters. The SMILES string of the molecule is COCCNCC(=O)Nc1ccc(C#N)cc1OC. The summed E-state index contributed by atoms with van der Waals surface area (Å²) in [6, 6.07) is 6.85. The fraction of sp³-hybridized carbons (Fsp3) is 0.385. The van der Waals surface area contributed by atoms with Crippen LogP contribution < -0.4 is 15.4 Å². The van der Waals surface area contributed by atoms with Gasteiger partial charge in [-0.05, 0) is 12.1 Å². The Bertz CT molecular complexity index is 469. The first kappa shape index (κ1) is 15.0. The monoisotopic (exact) mass is 263 g/mol. The minimum absolute atomic E-state index is 0.181. The van der Waals surface area contributed by atoms with Crippen LogP contribution in [0.15, 0.2) is 18.2 Å². The molecule has 1 amide bonds. The van der Waals surface area contributed by atoms with E-state index in [1.165, 1.54) is 7.11 Å². The number of nitrogens with one attached hydrogen (secondary N) is 2. The fourth-order valence-corrected chi connectivity index (χ4v) is 1.43. The summed E-state index contributed by atoms with van der Waals surface area (Å²) in [7, 11) is 3.09. The molecule has 0 aromatic heterocycles. The lowest BCUT2D eigenvalue weighted by molar-refractivity contribution is -0.115. The van der Waals surface area contributed by atoms with Crippen LogP contribution in [-0.2, 0) is 9.53 Å². The van der Waals surface area contributed by atoms with Crippen LogP contribution in [-0.4, -0.2) is 39.8 Å². The number of carbonyl (C=O) groups excluding carboxylic acids is 1.